The van der Waals surface area contributed by atoms with Crippen LogP contribution in [0.15, 0.2) is 24.3 Å². The topological polar surface area (TPSA) is 52.9 Å². The molecule has 0 bridgehead atoms. The van der Waals surface area contributed by atoms with Crippen molar-refractivity contribution in [1.82, 2.24) is 5.32 Å². The maximum atomic E-state index is 11.4. The summed E-state index contributed by atoms with van der Waals surface area (Å²) in [5.74, 6) is 5.40. The van der Waals surface area contributed by atoms with Crippen LogP contribution in [0.2, 0.25) is 0 Å². The molecule has 0 unspecified atom stereocenters. The zero-order valence-electron chi connectivity index (χ0n) is 9.08. The molecule has 16 heavy (non-hydrogen) atoms. The Morgan fingerprint density at radius 3 is 2.62 bits per heavy atom. The van der Waals surface area contributed by atoms with E-state index in [4.69, 9.17) is 5.26 Å². The molecular formula is C13H12N2O. The molecule has 0 spiro atoms. The summed E-state index contributed by atoms with van der Waals surface area (Å²) in [5.41, 5.74) is 1.49. The van der Waals surface area contributed by atoms with Gasteiger partial charge in [-0.3, -0.25) is 4.79 Å². The molecule has 1 aromatic carbocycles. The fourth-order valence-electron chi connectivity index (χ4n) is 1.18. The molecule has 0 aromatic heterocycles. The van der Waals surface area contributed by atoms with E-state index in [1.807, 2.05) is 6.07 Å². The molecule has 1 aromatic rings. The number of benzene rings is 1. The van der Waals surface area contributed by atoms with Crippen molar-refractivity contribution in [3.05, 3.63) is 35.4 Å². The van der Waals surface area contributed by atoms with E-state index in [0.717, 1.165) is 5.56 Å². The normalized spacial score (nSPS) is 8.50. The first kappa shape index (κ1) is 11.8. The lowest BCUT2D eigenvalue weighted by molar-refractivity contribution is -0.120. The predicted molar refractivity (Wildman–Crippen MR) is 61.3 cm³/mol. The second-order valence-electron chi connectivity index (χ2n) is 3.19. The van der Waals surface area contributed by atoms with Gasteiger partial charge in [0.2, 0.25) is 5.91 Å². The Labute approximate surface area is 95.1 Å². The number of carbonyl (C=O) groups is 1. The maximum absolute atomic E-state index is 11.4. The standard InChI is InChI=1S/C13H12N2O/c1-2-3-8-15-13(16)9-11-4-6-12(10-14)7-5-11/h4-7H,8-9H2,1H3,(H,15,16). The third-order valence-corrected chi connectivity index (χ3v) is 2.00. The summed E-state index contributed by atoms with van der Waals surface area (Å²) in [6.45, 7) is 2.11. The van der Waals surface area contributed by atoms with E-state index in [0.29, 0.717) is 18.5 Å². The van der Waals surface area contributed by atoms with Crippen LogP contribution >= 0.6 is 0 Å². The average Bonchev–Trinajstić information content (AvgIpc) is 2.30. The lowest BCUT2D eigenvalue weighted by atomic mass is 10.1. The summed E-state index contributed by atoms with van der Waals surface area (Å²) in [5, 5.41) is 11.3. The molecule has 1 rings (SSSR count). The van der Waals surface area contributed by atoms with Gasteiger partial charge in [0, 0.05) is 0 Å². The van der Waals surface area contributed by atoms with Crippen molar-refractivity contribution in [2.24, 2.45) is 0 Å². The van der Waals surface area contributed by atoms with Crippen molar-refractivity contribution in [2.45, 2.75) is 13.3 Å². The Morgan fingerprint density at radius 1 is 1.38 bits per heavy atom. The minimum absolute atomic E-state index is 0.0625. The van der Waals surface area contributed by atoms with Crippen molar-refractivity contribution in [1.29, 1.82) is 5.26 Å². The number of hydrogen-bond acceptors (Lipinski definition) is 2. The van der Waals surface area contributed by atoms with Crippen molar-refractivity contribution in [3.8, 4) is 17.9 Å². The van der Waals surface area contributed by atoms with Crippen LogP contribution in [0.3, 0.4) is 0 Å². The van der Waals surface area contributed by atoms with Gasteiger partial charge < -0.3 is 5.32 Å². The van der Waals surface area contributed by atoms with E-state index in [-0.39, 0.29) is 5.91 Å². The van der Waals surface area contributed by atoms with Crippen LogP contribution in [0.5, 0.6) is 0 Å². The number of nitrogens with zero attached hydrogens (tertiary/aromatic N) is 1. The van der Waals surface area contributed by atoms with Gasteiger partial charge in [-0.05, 0) is 24.6 Å². The molecule has 0 heterocycles. The van der Waals surface area contributed by atoms with Crippen LogP contribution in [-0.2, 0) is 11.2 Å². The highest BCUT2D eigenvalue weighted by molar-refractivity contribution is 5.78. The summed E-state index contributed by atoms with van der Waals surface area (Å²) >= 11 is 0. The molecule has 0 fully saturated rings. The van der Waals surface area contributed by atoms with E-state index < -0.39 is 0 Å². The molecule has 0 atom stereocenters. The lowest BCUT2D eigenvalue weighted by Crippen LogP contribution is -2.25. The highest BCUT2D eigenvalue weighted by Crippen LogP contribution is 2.03. The molecule has 0 saturated carbocycles. The maximum Gasteiger partial charge on any atom is 0.225 e. The number of rotatable bonds is 3. The minimum atomic E-state index is -0.0625. The predicted octanol–water partition coefficient (Wildman–Crippen LogP) is 1.24. The van der Waals surface area contributed by atoms with Gasteiger partial charge in [-0.2, -0.15) is 5.26 Å². The number of nitriles is 1. The quantitative estimate of drug-likeness (QED) is 0.766. The summed E-state index contributed by atoms with van der Waals surface area (Å²) in [6, 6.07) is 9.00. The van der Waals surface area contributed by atoms with Gasteiger partial charge in [0.25, 0.3) is 0 Å². The number of hydrogen-bond donors (Lipinski definition) is 1. The summed E-state index contributed by atoms with van der Waals surface area (Å²) in [7, 11) is 0. The Kier molecular flexibility index (Phi) is 4.63. The molecule has 0 saturated heterocycles. The highest BCUT2D eigenvalue weighted by atomic mass is 16.1. The van der Waals surface area contributed by atoms with Gasteiger partial charge in [0.05, 0.1) is 24.6 Å². The first-order chi connectivity index (χ1) is 7.76. The SMILES string of the molecule is CC#CCNC(=O)Cc1ccc(C#N)cc1. The number of amides is 1. The lowest BCUT2D eigenvalue weighted by Gasteiger charge is -2.01. The Bertz CT molecular complexity index is 457. The van der Waals surface area contributed by atoms with E-state index in [2.05, 4.69) is 17.2 Å². The third-order valence-electron chi connectivity index (χ3n) is 2.00. The molecule has 1 amide bonds. The zero-order valence-corrected chi connectivity index (χ0v) is 9.08. The van der Waals surface area contributed by atoms with E-state index >= 15 is 0 Å². The molecule has 1 N–H and O–H groups in total. The average molecular weight is 212 g/mol. The molecule has 0 aliphatic carbocycles. The summed E-state index contributed by atoms with van der Waals surface area (Å²) in [6.07, 6.45) is 0.317. The number of carbonyl (C=O) groups excluding carboxylic acids is 1. The van der Waals surface area contributed by atoms with Crippen LogP contribution in [0, 0.1) is 23.2 Å². The van der Waals surface area contributed by atoms with Crippen molar-refractivity contribution >= 4 is 5.91 Å². The molecule has 3 heteroatoms. The van der Waals surface area contributed by atoms with E-state index in [9.17, 15) is 4.79 Å². The van der Waals surface area contributed by atoms with Crippen LogP contribution in [0.1, 0.15) is 18.1 Å². The van der Waals surface area contributed by atoms with Gasteiger partial charge in [-0.25, -0.2) is 0 Å². The van der Waals surface area contributed by atoms with E-state index in [1.54, 1.807) is 31.2 Å². The van der Waals surface area contributed by atoms with Crippen LogP contribution in [-0.4, -0.2) is 12.5 Å². The zero-order chi connectivity index (χ0) is 11.8. The second kappa shape index (κ2) is 6.27. The van der Waals surface area contributed by atoms with Crippen LogP contribution < -0.4 is 5.32 Å². The van der Waals surface area contributed by atoms with Gasteiger partial charge >= 0.3 is 0 Å². The van der Waals surface area contributed by atoms with Crippen LogP contribution in [0.4, 0.5) is 0 Å². The largest absolute Gasteiger partial charge is 0.345 e. The summed E-state index contributed by atoms with van der Waals surface area (Å²) < 4.78 is 0. The van der Waals surface area contributed by atoms with Crippen molar-refractivity contribution in [2.75, 3.05) is 6.54 Å². The fourth-order valence-corrected chi connectivity index (χ4v) is 1.18. The molecule has 0 aliphatic rings. The molecule has 0 aliphatic heterocycles. The Morgan fingerprint density at radius 2 is 2.06 bits per heavy atom. The molecule has 3 nitrogen and oxygen atoms in total. The Hall–Kier alpha value is -2.26. The molecular weight excluding hydrogens is 200 g/mol. The smallest absolute Gasteiger partial charge is 0.225 e. The minimum Gasteiger partial charge on any atom is -0.345 e. The van der Waals surface area contributed by atoms with Crippen molar-refractivity contribution < 1.29 is 4.79 Å². The molecule has 80 valence electrons. The van der Waals surface area contributed by atoms with Gasteiger partial charge in [-0.1, -0.05) is 18.1 Å². The molecule has 0 radical (unpaired) electrons. The fraction of sp³-hybridized carbons (Fsp3) is 0.231. The second-order valence-corrected chi connectivity index (χ2v) is 3.19. The van der Waals surface area contributed by atoms with Crippen molar-refractivity contribution in [3.63, 3.8) is 0 Å². The first-order valence-electron chi connectivity index (χ1n) is 4.91. The van der Waals surface area contributed by atoms with E-state index in [1.165, 1.54) is 0 Å². The number of nitrogens with one attached hydrogen (secondary N) is 1. The third kappa shape index (κ3) is 3.86. The van der Waals surface area contributed by atoms with Gasteiger partial charge in [0.1, 0.15) is 0 Å². The Balaban J connectivity index is 2.49. The first-order valence-corrected chi connectivity index (χ1v) is 4.91. The highest BCUT2D eigenvalue weighted by Gasteiger charge is 2.01. The van der Waals surface area contributed by atoms with Gasteiger partial charge in [0.15, 0.2) is 0 Å². The van der Waals surface area contributed by atoms with Crippen LogP contribution in [0.25, 0.3) is 0 Å². The summed E-state index contributed by atoms with van der Waals surface area (Å²) in [4.78, 5) is 11.4. The van der Waals surface area contributed by atoms with Gasteiger partial charge in [-0.15, -0.1) is 5.92 Å². The monoisotopic (exact) mass is 212 g/mol.